The van der Waals surface area contributed by atoms with Crippen LogP contribution in [0.3, 0.4) is 0 Å². The van der Waals surface area contributed by atoms with E-state index in [1.54, 1.807) is 14.2 Å². The molecule has 1 aromatic heterocycles. The van der Waals surface area contributed by atoms with Gasteiger partial charge in [-0.2, -0.15) is 0 Å². The molecule has 2 aliphatic rings. The summed E-state index contributed by atoms with van der Waals surface area (Å²) in [5.41, 5.74) is 2.64. The van der Waals surface area contributed by atoms with Gasteiger partial charge in [0.25, 0.3) is 0 Å². The average Bonchev–Trinajstić information content (AvgIpc) is 2.74. The zero-order chi connectivity index (χ0) is 24.1. The van der Waals surface area contributed by atoms with E-state index in [4.69, 9.17) is 37.4 Å². The number of halogens is 2. The van der Waals surface area contributed by atoms with Crippen LogP contribution in [0.5, 0.6) is 11.5 Å². The number of benzene rings is 1. The number of nitrogens with zero attached hydrogens (tertiary/aromatic N) is 2. The van der Waals surface area contributed by atoms with Crippen LogP contribution in [0, 0.1) is 11.3 Å². The first kappa shape index (κ1) is 23.8. The molecule has 8 heteroatoms. The zero-order valence-electron chi connectivity index (χ0n) is 19.7. The number of aromatic nitrogens is 2. The number of methoxy groups -OCH3 is 2. The molecule has 1 heterocycles. The summed E-state index contributed by atoms with van der Waals surface area (Å²) in [7, 11) is 3.37. The molecule has 0 radical (unpaired) electrons. The van der Waals surface area contributed by atoms with Gasteiger partial charge in [-0.15, -0.1) is 0 Å². The van der Waals surface area contributed by atoms with Crippen LogP contribution in [0.25, 0.3) is 0 Å². The number of hydrogen-bond acceptors (Lipinski definition) is 6. The van der Waals surface area contributed by atoms with Crippen LogP contribution in [-0.2, 0) is 16.6 Å². The minimum absolute atomic E-state index is 0.0354. The lowest BCUT2D eigenvalue weighted by atomic mass is 9.49. The summed E-state index contributed by atoms with van der Waals surface area (Å²) in [5.74, 6) is 1.27. The highest BCUT2D eigenvalue weighted by Gasteiger charge is 2.57. The molecule has 0 bridgehead atoms. The molecule has 3 atom stereocenters. The van der Waals surface area contributed by atoms with Gasteiger partial charge in [0.2, 0.25) is 5.28 Å². The molecule has 176 valence electrons. The molecule has 0 saturated carbocycles. The number of fused-ring (bicyclic) bond motifs is 2. The van der Waals surface area contributed by atoms with Crippen LogP contribution in [-0.4, -0.2) is 36.3 Å². The van der Waals surface area contributed by atoms with E-state index in [0.29, 0.717) is 6.42 Å². The molecule has 0 amide bonds. The molecule has 0 fully saturated rings. The molecule has 2 aromatic rings. The predicted octanol–water partition coefficient (Wildman–Crippen LogP) is 5.83. The van der Waals surface area contributed by atoms with Gasteiger partial charge in [0, 0.05) is 22.6 Å². The first-order chi connectivity index (χ1) is 15.5. The number of ether oxygens (including phenoxy) is 3. The van der Waals surface area contributed by atoms with Crippen molar-refractivity contribution in [2.45, 2.75) is 52.1 Å². The highest BCUT2D eigenvalue weighted by atomic mass is 35.5. The van der Waals surface area contributed by atoms with Crippen LogP contribution < -0.4 is 9.47 Å². The molecule has 0 aliphatic heterocycles. The van der Waals surface area contributed by atoms with E-state index in [0.717, 1.165) is 34.6 Å². The third-order valence-electron chi connectivity index (χ3n) is 7.33. The molecule has 0 saturated heterocycles. The predicted molar refractivity (Wildman–Crippen MR) is 128 cm³/mol. The maximum Gasteiger partial charge on any atom is 0.357 e. The first-order valence-electron chi connectivity index (χ1n) is 10.8. The molecule has 0 N–H and O–H groups in total. The lowest BCUT2D eigenvalue weighted by molar-refractivity contribution is -0.0497. The Kier molecular flexibility index (Phi) is 6.12. The smallest absolute Gasteiger partial charge is 0.357 e. The molecule has 6 nitrogen and oxygen atoms in total. The molecule has 33 heavy (non-hydrogen) atoms. The van der Waals surface area contributed by atoms with Crippen LogP contribution in [0.2, 0.25) is 10.4 Å². The maximum absolute atomic E-state index is 13.1. The summed E-state index contributed by atoms with van der Waals surface area (Å²) < 4.78 is 17.6. The van der Waals surface area contributed by atoms with Gasteiger partial charge in [0.1, 0.15) is 22.8 Å². The van der Waals surface area contributed by atoms with Crippen molar-refractivity contribution >= 4 is 29.2 Å². The van der Waals surface area contributed by atoms with E-state index in [9.17, 15) is 4.79 Å². The number of allylic oxidation sites excluding steroid dienone is 1. The van der Waals surface area contributed by atoms with Crippen molar-refractivity contribution in [3.63, 3.8) is 0 Å². The zero-order valence-corrected chi connectivity index (χ0v) is 21.2. The Labute approximate surface area is 204 Å². The quantitative estimate of drug-likeness (QED) is 0.232. The number of carbonyl (C=O) groups excluding carboxylic acids is 1. The Morgan fingerprint density at radius 1 is 1.09 bits per heavy atom. The van der Waals surface area contributed by atoms with E-state index >= 15 is 0 Å². The largest absolute Gasteiger partial charge is 0.496 e. The van der Waals surface area contributed by atoms with Crippen molar-refractivity contribution in [1.29, 1.82) is 0 Å². The summed E-state index contributed by atoms with van der Waals surface area (Å²) in [4.78, 5) is 20.9. The van der Waals surface area contributed by atoms with E-state index < -0.39 is 12.1 Å². The van der Waals surface area contributed by atoms with E-state index in [1.807, 2.05) is 19.1 Å². The minimum atomic E-state index is -0.581. The monoisotopic (exact) mass is 490 g/mol. The molecule has 4 rings (SSSR count). The number of esters is 1. The standard InChI is InChI=1S/C25H28Cl2N2O4/c1-13-7-10-18-24(2,3)20-14(16(31-5)8-9-17(20)32-6)12-25(18,4)21(13)33-22(30)15-11-19(26)29-23(27)28-15/h7-9,11,18,21H,10,12H2,1-6H3/t18-,21?,25-/m0/s1. The van der Waals surface area contributed by atoms with Crippen molar-refractivity contribution in [2.75, 3.05) is 14.2 Å². The average molecular weight is 491 g/mol. The molecular weight excluding hydrogens is 463 g/mol. The van der Waals surface area contributed by atoms with Gasteiger partial charge < -0.3 is 14.2 Å². The van der Waals surface area contributed by atoms with E-state index in [-0.39, 0.29) is 32.9 Å². The summed E-state index contributed by atoms with van der Waals surface area (Å²) in [6, 6.07) is 5.27. The molecule has 1 unspecified atom stereocenters. The van der Waals surface area contributed by atoms with Crippen molar-refractivity contribution in [2.24, 2.45) is 11.3 Å². The van der Waals surface area contributed by atoms with E-state index in [2.05, 4.69) is 36.8 Å². The second kappa shape index (κ2) is 8.48. The van der Waals surface area contributed by atoms with Crippen molar-refractivity contribution in [3.8, 4) is 11.5 Å². The fourth-order valence-corrected chi connectivity index (χ4v) is 6.42. The summed E-state index contributed by atoms with van der Waals surface area (Å²) in [6.07, 6.45) is 3.25. The summed E-state index contributed by atoms with van der Waals surface area (Å²) in [5, 5.41) is -0.00879. The van der Waals surface area contributed by atoms with Crippen LogP contribution in [0.4, 0.5) is 0 Å². The fraction of sp³-hybridized carbons (Fsp3) is 0.480. The summed E-state index contributed by atoms with van der Waals surface area (Å²) in [6.45, 7) is 8.65. The summed E-state index contributed by atoms with van der Waals surface area (Å²) >= 11 is 11.9. The number of carbonyl (C=O) groups is 1. The second-order valence-corrected chi connectivity index (χ2v) is 10.3. The third-order valence-corrected chi connectivity index (χ3v) is 7.69. The minimum Gasteiger partial charge on any atom is -0.496 e. The molecule has 1 aromatic carbocycles. The van der Waals surface area contributed by atoms with Crippen LogP contribution >= 0.6 is 23.2 Å². The highest BCUT2D eigenvalue weighted by molar-refractivity contribution is 6.32. The van der Waals surface area contributed by atoms with Gasteiger partial charge in [-0.25, -0.2) is 14.8 Å². The third kappa shape index (κ3) is 3.87. The van der Waals surface area contributed by atoms with Gasteiger partial charge in [-0.1, -0.05) is 38.4 Å². The Balaban J connectivity index is 1.80. The van der Waals surface area contributed by atoms with Crippen molar-refractivity contribution < 1.29 is 19.0 Å². The van der Waals surface area contributed by atoms with E-state index in [1.165, 1.54) is 6.07 Å². The normalized spacial score (nSPS) is 25.4. The van der Waals surface area contributed by atoms with Crippen LogP contribution in [0.15, 0.2) is 29.8 Å². The van der Waals surface area contributed by atoms with Gasteiger partial charge in [0.05, 0.1) is 14.2 Å². The lowest BCUT2D eigenvalue weighted by Gasteiger charge is -2.56. The Morgan fingerprint density at radius 2 is 1.76 bits per heavy atom. The highest BCUT2D eigenvalue weighted by Crippen LogP contribution is 2.60. The SMILES string of the molecule is COc1ccc(OC)c2c1C[C@]1(C)C(OC(=O)c3cc(Cl)nc(Cl)n3)C(C)=CC[C@H]1C2(C)C. The molecular formula is C25H28Cl2N2O4. The maximum atomic E-state index is 13.1. The van der Waals surface area contributed by atoms with Gasteiger partial charge >= 0.3 is 5.97 Å². The van der Waals surface area contributed by atoms with Crippen molar-refractivity contribution in [1.82, 2.24) is 9.97 Å². The van der Waals surface area contributed by atoms with Gasteiger partial charge in [-0.3, -0.25) is 0 Å². The molecule has 0 spiro atoms. The first-order valence-corrected chi connectivity index (χ1v) is 11.6. The Hall–Kier alpha value is -2.31. The Morgan fingerprint density at radius 3 is 2.39 bits per heavy atom. The Bertz CT molecular complexity index is 1130. The second-order valence-electron chi connectivity index (χ2n) is 9.59. The lowest BCUT2D eigenvalue weighted by Crippen LogP contribution is -2.55. The number of hydrogen-bond donors (Lipinski definition) is 0. The number of rotatable bonds is 4. The van der Waals surface area contributed by atoms with Crippen LogP contribution in [0.1, 0.15) is 55.7 Å². The van der Waals surface area contributed by atoms with Gasteiger partial charge in [0.15, 0.2) is 5.69 Å². The fourth-order valence-electron chi connectivity index (χ4n) is 6.01. The molecule has 2 aliphatic carbocycles. The van der Waals surface area contributed by atoms with Gasteiger partial charge in [-0.05, 0) is 60.4 Å². The van der Waals surface area contributed by atoms with Crippen molar-refractivity contribution in [3.05, 3.63) is 57.1 Å². The topological polar surface area (TPSA) is 70.5 Å².